The normalized spacial score (nSPS) is 34.5. The second-order valence-corrected chi connectivity index (χ2v) is 4.23. The Bertz CT molecular complexity index is 225. The first-order chi connectivity index (χ1) is 6.75. The van der Waals surface area contributed by atoms with Gasteiger partial charge in [-0.3, -0.25) is 9.89 Å². The summed E-state index contributed by atoms with van der Waals surface area (Å²) in [5, 5.41) is 0. The van der Waals surface area contributed by atoms with Gasteiger partial charge in [-0.05, 0) is 26.3 Å². The van der Waals surface area contributed by atoms with Crippen molar-refractivity contribution in [1.82, 2.24) is 4.90 Å². The van der Waals surface area contributed by atoms with Crippen molar-refractivity contribution in [2.24, 2.45) is 10.7 Å². The van der Waals surface area contributed by atoms with E-state index in [-0.39, 0.29) is 6.10 Å². The minimum absolute atomic E-state index is 0.253. The fourth-order valence-electron chi connectivity index (χ4n) is 2.24. The molecule has 0 aromatic carbocycles. The molecule has 2 fully saturated rings. The van der Waals surface area contributed by atoms with Gasteiger partial charge >= 0.3 is 0 Å². The van der Waals surface area contributed by atoms with Crippen LogP contribution in [0.15, 0.2) is 4.99 Å². The van der Waals surface area contributed by atoms with Gasteiger partial charge in [-0.2, -0.15) is 0 Å². The first-order valence-corrected chi connectivity index (χ1v) is 5.38. The molecule has 14 heavy (non-hydrogen) atoms. The maximum Gasteiger partial charge on any atom is 0.0906 e. The number of nitrogens with two attached hydrogens (primary N) is 1. The molecule has 0 aromatic rings. The highest BCUT2D eigenvalue weighted by Crippen LogP contribution is 2.22. The molecule has 2 rings (SSSR count). The van der Waals surface area contributed by atoms with Gasteiger partial charge in [0.05, 0.1) is 25.1 Å². The fourth-order valence-corrected chi connectivity index (χ4v) is 2.24. The summed E-state index contributed by atoms with van der Waals surface area (Å²) in [4.78, 5) is 6.73. The summed E-state index contributed by atoms with van der Waals surface area (Å²) in [5.74, 6) is 0.650. The van der Waals surface area contributed by atoms with Gasteiger partial charge in [0, 0.05) is 12.6 Å². The number of aliphatic imine (C=N–C) groups is 1. The van der Waals surface area contributed by atoms with E-state index in [1.165, 1.54) is 19.4 Å². The van der Waals surface area contributed by atoms with E-state index in [2.05, 4.69) is 9.89 Å². The van der Waals surface area contributed by atoms with Crippen molar-refractivity contribution in [1.29, 1.82) is 0 Å². The second kappa shape index (κ2) is 4.28. The molecule has 2 heterocycles. The van der Waals surface area contributed by atoms with Crippen molar-refractivity contribution in [3.05, 3.63) is 0 Å². The van der Waals surface area contributed by atoms with Crippen molar-refractivity contribution < 1.29 is 4.74 Å². The van der Waals surface area contributed by atoms with E-state index in [0.717, 1.165) is 13.2 Å². The number of hydrogen-bond acceptors (Lipinski definition) is 3. The van der Waals surface area contributed by atoms with E-state index in [0.29, 0.717) is 18.4 Å². The van der Waals surface area contributed by atoms with Crippen LogP contribution < -0.4 is 5.73 Å². The lowest BCUT2D eigenvalue weighted by Gasteiger charge is -2.34. The average molecular weight is 197 g/mol. The van der Waals surface area contributed by atoms with Crippen LogP contribution in [0.1, 0.15) is 19.8 Å². The highest BCUT2D eigenvalue weighted by molar-refractivity contribution is 5.77. The molecule has 0 spiro atoms. The van der Waals surface area contributed by atoms with Crippen molar-refractivity contribution in [3.8, 4) is 0 Å². The molecule has 0 saturated carbocycles. The molecule has 4 nitrogen and oxygen atoms in total. The Morgan fingerprint density at radius 3 is 3.29 bits per heavy atom. The molecule has 0 aliphatic carbocycles. The van der Waals surface area contributed by atoms with Crippen molar-refractivity contribution in [2.75, 3.05) is 26.2 Å². The van der Waals surface area contributed by atoms with Gasteiger partial charge in [-0.15, -0.1) is 0 Å². The first-order valence-electron chi connectivity index (χ1n) is 5.38. The number of morpholine rings is 1. The number of amidine groups is 1. The van der Waals surface area contributed by atoms with Crippen LogP contribution in [0.5, 0.6) is 0 Å². The largest absolute Gasteiger partial charge is 0.388 e. The number of fused-ring (bicyclic) bond motifs is 1. The Kier molecular flexibility index (Phi) is 3.03. The zero-order valence-electron chi connectivity index (χ0n) is 8.78. The molecule has 2 aliphatic rings. The van der Waals surface area contributed by atoms with Gasteiger partial charge in [0.1, 0.15) is 0 Å². The van der Waals surface area contributed by atoms with Gasteiger partial charge in [0.25, 0.3) is 0 Å². The summed E-state index contributed by atoms with van der Waals surface area (Å²) in [7, 11) is 0. The standard InChI is InChI=1S/C10H19N3O/c1-8(11)12-5-10-6-13-4-2-3-9(13)7-14-10/h9-10H,2-7H2,1H3,(H2,11,12). The van der Waals surface area contributed by atoms with Crippen LogP contribution in [-0.2, 0) is 4.74 Å². The molecule has 2 saturated heterocycles. The van der Waals surface area contributed by atoms with Crippen LogP contribution in [0.4, 0.5) is 0 Å². The lowest BCUT2D eigenvalue weighted by molar-refractivity contribution is -0.0431. The van der Waals surface area contributed by atoms with Crippen LogP contribution in [0.2, 0.25) is 0 Å². The molecular formula is C10H19N3O. The third-order valence-corrected chi connectivity index (χ3v) is 3.01. The van der Waals surface area contributed by atoms with E-state index < -0.39 is 0 Å². The first kappa shape index (κ1) is 9.93. The molecule has 2 unspecified atom stereocenters. The van der Waals surface area contributed by atoms with Crippen molar-refractivity contribution in [2.45, 2.75) is 31.9 Å². The van der Waals surface area contributed by atoms with Crippen molar-refractivity contribution >= 4 is 5.84 Å². The van der Waals surface area contributed by atoms with E-state index in [9.17, 15) is 0 Å². The fraction of sp³-hybridized carbons (Fsp3) is 0.900. The molecular weight excluding hydrogens is 178 g/mol. The maximum atomic E-state index is 5.74. The lowest BCUT2D eigenvalue weighted by atomic mass is 10.2. The van der Waals surface area contributed by atoms with Gasteiger partial charge in [0.2, 0.25) is 0 Å². The highest BCUT2D eigenvalue weighted by Gasteiger charge is 2.31. The zero-order chi connectivity index (χ0) is 9.97. The zero-order valence-corrected chi connectivity index (χ0v) is 8.78. The van der Waals surface area contributed by atoms with E-state index in [1.54, 1.807) is 0 Å². The third-order valence-electron chi connectivity index (χ3n) is 3.01. The third kappa shape index (κ3) is 2.25. The topological polar surface area (TPSA) is 50.8 Å². The predicted molar refractivity (Wildman–Crippen MR) is 56.5 cm³/mol. The van der Waals surface area contributed by atoms with E-state index in [1.807, 2.05) is 6.92 Å². The van der Waals surface area contributed by atoms with Crippen LogP contribution in [0.3, 0.4) is 0 Å². The minimum atomic E-state index is 0.253. The van der Waals surface area contributed by atoms with Gasteiger partial charge in [0.15, 0.2) is 0 Å². The smallest absolute Gasteiger partial charge is 0.0906 e. The molecule has 0 amide bonds. The molecule has 2 atom stereocenters. The van der Waals surface area contributed by atoms with Crippen LogP contribution in [0.25, 0.3) is 0 Å². The Morgan fingerprint density at radius 2 is 2.50 bits per heavy atom. The maximum absolute atomic E-state index is 5.74. The molecule has 0 bridgehead atoms. The molecule has 2 N–H and O–H groups in total. The van der Waals surface area contributed by atoms with Crippen LogP contribution >= 0.6 is 0 Å². The lowest BCUT2D eigenvalue weighted by Crippen LogP contribution is -2.47. The molecule has 2 aliphatic heterocycles. The SMILES string of the molecule is CC(N)=NCC1CN2CCCC2CO1. The Hall–Kier alpha value is -0.610. The number of ether oxygens (including phenoxy) is 1. The summed E-state index contributed by atoms with van der Waals surface area (Å²) < 4.78 is 5.74. The molecule has 80 valence electrons. The van der Waals surface area contributed by atoms with Crippen LogP contribution in [-0.4, -0.2) is 49.1 Å². The molecule has 0 radical (unpaired) electrons. The van der Waals surface area contributed by atoms with E-state index >= 15 is 0 Å². The summed E-state index contributed by atoms with van der Waals surface area (Å²) in [6.45, 7) is 5.67. The summed E-state index contributed by atoms with van der Waals surface area (Å²) >= 11 is 0. The van der Waals surface area contributed by atoms with Gasteiger partial charge in [-0.1, -0.05) is 0 Å². The van der Waals surface area contributed by atoms with Gasteiger partial charge < -0.3 is 10.5 Å². The average Bonchev–Trinajstić information content (AvgIpc) is 2.61. The Balaban J connectivity index is 1.82. The Morgan fingerprint density at radius 1 is 1.64 bits per heavy atom. The molecule has 0 aromatic heterocycles. The van der Waals surface area contributed by atoms with Crippen LogP contribution in [0, 0.1) is 0 Å². The summed E-state index contributed by atoms with van der Waals surface area (Å²) in [5.41, 5.74) is 5.50. The number of nitrogens with zero attached hydrogens (tertiary/aromatic N) is 2. The van der Waals surface area contributed by atoms with Crippen molar-refractivity contribution in [3.63, 3.8) is 0 Å². The summed E-state index contributed by atoms with van der Waals surface area (Å²) in [6, 6.07) is 0.675. The minimum Gasteiger partial charge on any atom is -0.388 e. The summed E-state index contributed by atoms with van der Waals surface area (Å²) in [6.07, 6.45) is 2.87. The molecule has 4 heteroatoms. The van der Waals surface area contributed by atoms with Gasteiger partial charge in [-0.25, -0.2) is 0 Å². The quantitative estimate of drug-likeness (QED) is 0.509. The Labute approximate surface area is 85.1 Å². The highest BCUT2D eigenvalue weighted by atomic mass is 16.5. The predicted octanol–water partition coefficient (Wildman–Crippen LogP) is 0.227. The number of hydrogen-bond donors (Lipinski definition) is 1. The van der Waals surface area contributed by atoms with E-state index in [4.69, 9.17) is 10.5 Å². The number of rotatable bonds is 2. The second-order valence-electron chi connectivity index (χ2n) is 4.23. The monoisotopic (exact) mass is 197 g/mol.